The van der Waals surface area contributed by atoms with Gasteiger partial charge in [0.15, 0.2) is 0 Å². The topological polar surface area (TPSA) is 113 Å². The van der Waals surface area contributed by atoms with Gasteiger partial charge in [-0.15, -0.1) is 0 Å². The smallest absolute Gasteiger partial charge is 0.321 e. The summed E-state index contributed by atoms with van der Waals surface area (Å²) in [5, 5.41) is 0. The minimum Gasteiger partial charge on any atom is -0.321 e. The lowest BCUT2D eigenvalue weighted by molar-refractivity contribution is -0.129. The van der Waals surface area contributed by atoms with Crippen LogP contribution in [0.4, 0.5) is 4.79 Å². The molecule has 0 unspecified atom stereocenters. The molecule has 0 spiro atoms. The van der Waals surface area contributed by atoms with Gasteiger partial charge in [-0.1, -0.05) is 54.6 Å². The van der Waals surface area contributed by atoms with Crippen molar-refractivity contribution in [3.63, 3.8) is 0 Å². The van der Waals surface area contributed by atoms with Gasteiger partial charge in [0, 0.05) is 13.6 Å². The third-order valence-corrected chi connectivity index (χ3v) is 5.36. The maximum atomic E-state index is 11.9. The molecular formula is C22H28N2O6S. The van der Waals surface area contributed by atoms with Crippen LogP contribution in [0.3, 0.4) is 0 Å². The van der Waals surface area contributed by atoms with E-state index in [0.717, 1.165) is 36.1 Å². The molecule has 31 heavy (non-hydrogen) atoms. The van der Waals surface area contributed by atoms with Crippen LogP contribution < -0.4 is 5.48 Å². The lowest BCUT2D eigenvalue weighted by Crippen LogP contribution is -2.37. The molecule has 0 saturated heterocycles. The van der Waals surface area contributed by atoms with Crippen molar-refractivity contribution >= 4 is 22.1 Å². The van der Waals surface area contributed by atoms with Gasteiger partial charge in [-0.3, -0.25) is 9.35 Å². The number of carbonyl (C=O) groups is 2. The fraction of sp³-hybridized carbons (Fsp3) is 0.364. The summed E-state index contributed by atoms with van der Waals surface area (Å²) in [5.74, 6) is -1.13. The van der Waals surface area contributed by atoms with Gasteiger partial charge >= 0.3 is 6.09 Å². The molecule has 0 aromatic heterocycles. The van der Waals surface area contributed by atoms with Crippen LogP contribution in [0.25, 0.3) is 0 Å². The Morgan fingerprint density at radius 3 is 2.06 bits per heavy atom. The number of rotatable bonds is 10. The molecule has 0 aliphatic heterocycles. The lowest BCUT2D eigenvalue weighted by Gasteiger charge is -2.15. The molecule has 8 nitrogen and oxygen atoms in total. The van der Waals surface area contributed by atoms with E-state index >= 15 is 0 Å². The van der Waals surface area contributed by atoms with Gasteiger partial charge in [0.25, 0.3) is 16.0 Å². The normalized spacial score (nSPS) is 11.0. The molecule has 2 N–H and O–H groups in total. The van der Waals surface area contributed by atoms with Gasteiger partial charge < -0.3 is 9.74 Å². The first kappa shape index (κ1) is 24.4. The second-order valence-corrected chi connectivity index (χ2v) is 8.86. The molecular weight excluding hydrogens is 420 g/mol. The summed E-state index contributed by atoms with van der Waals surface area (Å²) in [6.07, 6.45) is 3.32. The number of aryl methyl sites for hydroxylation is 2. The first-order valence-electron chi connectivity index (χ1n) is 10.0. The van der Waals surface area contributed by atoms with E-state index in [2.05, 4.69) is 17.0 Å². The van der Waals surface area contributed by atoms with Crippen LogP contribution in [0.5, 0.6) is 0 Å². The van der Waals surface area contributed by atoms with Crippen molar-refractivity contribution in [2.75, 3.05) is 19.3 Å². The summed E-state index contributed by atoms with van der Waals surface area (Å²) < 4.78 is 30.1. The summed E-state index contributed by atoms with van der Waals surface area (Å²) in [5.41, 5.74) is 5.36. The number of hydrogen-bond donors (Lipinski definition) is 2. The molecule has 0 atom stereocenters. The maximum absolute atomic E-state index is 11.9. The largest absolute Gasteiger partial charge is 0.433 e. The third-order valence-electron chi connectivity index (χ3n) is 4.66. The number of benzene rings is 2. The van der Waals surface area contributed by atoms with E-state index < -0.39 is 27.9 Å². The minimum absolute atomic E-state index is 0.0380. The van der Waals surface area contributed by atoms with E-state index in [1.54, 1.807) is 0 Å². The van der Waals surface area contributed by atoms with E-state index in [1.165, 1.54) is 18.2 Å². The second-order valence-electron chi connectivity index (χ2n) is 7.29. The van der Waals surface area contributed by atoms with Gasteiger partial charge in [0.2, 0.25) is 0 Å². The SMILES string of the molecule is CN(CCS(=O)(=O)O)C(=O)ONC(=O)Cc1ccc(CCCCc2ccccc2)cc1. The summed E-state index contributed by atoms with van der Waals surface area (Å²) in [4.78, 5) is 29.2. The Labute approximate surface area is 182 Å². The zero-order valence-corrected chi connectivity index (χ0v) is 18.3. The number of nitrogens with zero attached hydrogens (tertiary/aromatic N) is 1. The summed E-state index contributed by atoms with van der Waals surface area (Å²) in [6.45, 7) is -0.264. The first-order chi connectivity index (χ1) is 14.7. The molecule has 0 aliphatic carbocycles. The van der Waals surface area contributed by atoms with Crippen LogP contribution in [-0.2, 0) is 39.0 Å². The van der Waals surface area contributed by atoms with E-state index in [0.29, 0.717) is 0 Å². The Balaban J connectivity index is 1.67. The quantitative estimate of drug-likeness (QED) is 0.328. The Bertz CT molecular complexity index is 946. The summed E-state index contributed by atoms with van der Waals surface area (Å²) in [7, 11) is -2.90. The van der Waals surface area contributed by atoms with E-state index in [1.807, 2.05) is 47.9 Å². The van der Waals surface area contributed by atoms with Crippen molar-refractivity contribution < 1.29 is 27.4 Å². The van der Waals surface area contributed by atoms with E-state index in [9.17, 15) is 18.0 Å². The van der Waals surface area contributed by atoms with Gasteiger partial charge in [0.1, 0.15) is 0 Å². The average Bonchev–Trinajstić information content (AvgIpc) is 2.74. The first-order valence-corrected chi connectivity index (χ1v) is 11.6. The second kappa shape index (κ2) is 12.1. The highest BCUT2D eigenvalue weighted by Crippen LogP contribution is 2.11. The molecule has 0 aliphatic rings. The molecule has 0 saturated carbocycles. The van der Waals surface area contributed by atoms with Crippen LogP contribution in [0.1, 0.15) is 29.5 Å². The van der Waals surface area contributed by atoms with Crippen LogP contribution in [0.15, 0.2) is 54.6 Å². The predicted octanol–water partition coefficient (Wildman–Crippen LogP) is 2.78. The van der Waals surface area contributed by atoms with E-state index in [4.69, 9.17) is 4.55 Å². The van der Waals surface area contributed by atoms with Gasteiger partial charge in [-0.25, -0.2) is 4.79 Å². The Morgan fingerprint density at radius 2 is 1.48 bits per heavy atom. The molecule has 0 heterocycles. The number of hydroxylamine groups is 1. The van der Waals surface area contributed by atoms with Crippen LogP contribution >= 0.6 is 0 Å². The number of amides is 2. The van der Waals surface area contributed by atoms with Crippen molar-refractivity contribution in [1.82, 2.24) is 10.4 Å². The summed E-state index contributed by atoms with van der Waals surface area (Å²) >= 11 is 0. The Hall–Kier alpha value is -2.91. The zero-order chi connectivity index (χ0) is 22.7. The molecule has 0 radical (unpaired) electrons. The highest BCUT2D eigenvalue weighted by molar-refractivity contribution is 7.85. The molecule has 0 bridgehead atoms. The van der Waals surface area contributed by atoms with Crippen molar-refractivity contribution in [3.8, 4) is 0 Å². The van der Waals surface area contributed by atoms with Crippen LogP contribution in [-0.4, -0.2) is 49.2 Å². The number of hydrogen-bond acceptors (Lipinski definition) is 5. The average molecular weight is 449 g/mol. The zero-order valence-electron chi connectivity index (χ0n) is 17.5. The van der Waals surface area contributed by atoms with Crippen molar-refractivity contribution in [3.05, 3.63) is 71.3 Å². The van der Waals surface area contributed by atoms with Crippen LogP contribution in [0, 0.1) is 0 Å². The van der Waals surface area contributed by atoms with Gasteiger partial charge in [-0.2, -0.15) is 13.9 Å². The highest BCUT2D eigenvalue weighted by atomic mass is 32.2. The maximum Gasteiger partial charge on any atom is 0.433 e. The molecule has 2 aromatic rings. The van der Waals surface area contributed by atoms with Gasteiger partial charge in [0.05, 0.1) is 12.2 Å². The Kier molecular flexibility index (Phi) is 9.48. The monoisotopic (exact) mass is 448 g/mol. The number of carbonyl (C=O) groups excluding carboxylic acids is 2. The summed E-state index contributed by atoms with van der Waals surface area (Å²) in [6, 6.07) is 18.1. The molecule has 9 heteroatoms. The molecule has 2 rings (SSSR count). The standard InChI is InChI=1S/C22H28N2O6S/c1-24(15-16-31(27,28)29)22(26)30-23-21(25)17-20-13-11-19(12-14-20)10-6-5-9-18-7-3-2-4-8-18/h2-4,7-8,11-14H,5-6,9-10,15-17H2,1H3,(H,23,25)(H,27,28,29). The van der Waals surface area contributed by atoms with Crippen LogP contribution in [0.2, 0.25) is 0 Å². The van der Waals surface area contributed by atoms with E-state index in [-0.39, 0.29) is 13.0 Å². The molecule has 2 aromatic carbocycles. The number of unbranched alkanes of at least 4 members (excludes halogenated alkanes) is 1. The molecule has 2 amide bonds. The number of nitrogens with one attached hydrogen (secondary N) is 1. The molecule has 168 valence electrons. The van der Waals surface area contributed by atoms with Crippen molar-refractivity contribution in [1.29, 1.82) is 0 Å². The Morgan fingerprint density at radius 1 is 0.935 bits per heavy atom. The van der Waals surface area contributed by atoms with Gasteiger partial charge in [-0.05, 0) is 42.4 Å². The fourth-order valence-electron chi connectivity index (χ4n) is 2.87. The van der Waals surface area contributed by atoms with Crippen molar-refractivity contribution in [2.45, 2.75) is 32.1 Å². The predicted molar refractivity (Wildman–Crippen MR) is 117 cm³/mol. The highest BCUT2D eigenvalue weighted by Gasteiger charge is 2.15. The lowest BCUT2D eigenvalue weighted by atomic mass is 10.0. The van der Waals surface area contributed by atoms with Crippen molar-refractivity contribution in [2.24, 2.45) is 0 Å². The third kappa shape index (κ3) is 10.1. The fourth-order valence-corrected chi connectivity index (χ4v) is 3.37. The minimum atomic E-state index is -4.19. The molecule has 0 fully saturated rings.